The van der Waals surface area contributed by atoms with Crippen molar-refractivity contribution in [2.45, 2.75) is 82.1 Å². The molecule has 0 saturated heterocycles. The molecule has 0 amide bonds. The quantitative estimate of drug-likeness (QED) is 0.262. The van der Waals surface area contributed by atoms with Gasteiger partial charge in [0.15, 0.2) is 0 Å². The summed E-state index contributed by atoms with van der Waals surface area (Å²) in [6, 6.07) is 0. The van der Waals surface area contributed by atoms with E-state index in [0.29, 0.717) is 0 Å². The van der Waals surface area contributed by atoms with E-state index in [9.17, 15) is 0 Å². The van der Waals surface area contributed by atoms with Gasteiger partial charge >= 0.3 is 64.1 Å². The van der Waals surface area contributed by atoms with Crippen LogP contribution in [0.15, 0.2) is 81.0 Å². The zero-order chi connectivity index (χ0) is 25.4. The summed E-state index contributed by atoms with van der Waals surface area (Å²) in [6.45, 7) is 23.3. The van der Waals surface area contributed by atoms with Gasteiger partial charge in [-0.25, -0.2) is 24.3 Å². The molecule has 41 heavy (non-hydrogen) atoms. The number of rotatable bonds is 1. The molecule has 0 aromatic rings. The van der Waals surface area contributed by atoms with E-state index in [1.54, 1.807) is 11.1 Å². The van der Waals surface area contributed by atoms with Gasteiger partial charge in [0.2, 0.25) is 0 Å². The third-order valence-corrected chi connectivity index (χ3v) is 7.55. The molecule has 0 spiro atoms. The maximum atomic E-state index is 4.93. The van der Waals surface area contributed by atoms with Crippen LogP contribution < -0.4 is 24.8 Å². The molecule has 236 valence electrons. The Hall–Kier alpha value is 0.846. The molecule has 0 aliphatic heterocycles. The van der Waals surface area contributed by atoms with Crippen LogP contribution in [-0.2, 0) is 47.1 Å². The molecule has 0 atom stereocenters. The first kappa shape index (κ1) is 60.9. The molecule has 4 rings (SSSR count). The molecule has 0 N–H and O–H groups in total. The maximum absolute atomic E-state index is 4.93. The standard InChI is InChI=1S/C20H30.2C5H5.5CH3.4ClH.2Zr/c1-11-13(3)17(19(7,8)15(11)5)18-14(4)12(2)16(6)20(18,9)10;2*1-2-4-5-3-1;;;;;;;;;;;/h1-10H3;2*1-3H,4H2;5*1H3;4*1H;;/q;7*-1;;;;;+2;+4/p-4. The summed E-state index contributed by atoms with van der Waals surface area (Å²) < 4.78 is 0. The predicted octanol–water partition coefficient (Wildman–Crippen LogP) is 6.62. The summed E-state index contributed by atoms with van der Waals surface area (Å²) >= 11 is -0.826. The summed E-state index contributed by atoms with van der Waals surface area (Å²) in [5, 5.41) is 0. The van der Waals surface area contributed by atoms with Crippen molar-refractivity contribution in [3.63, 3.8) is 0 Å². The van der Waals surface area contributed by atoms with E-state index in [1.165, 1.54) is 33.4 Å². The van der Waals surface area contributed by atoms with Gasteiger partial charge in [-0.05, 0) is 75.0 Å². The van der Waals surface area contributed by atoms with Crippen LogP contribution >= 0.6 is 17.0 Å². The molecule has 0 aromatic heterocycles. The van der Waals surface area contributed by atoms with Crippen LogP contribution in [0.5, 0.6) is 0 Å². The third kappa shape index (κ3) is 15.6. The second-order valence-electron chi connectivity index (χ2n) is 9.83. The average molecular weight is 800 g/mol. The van der Waals surface area contributed by atoms with Gasteiger partial charge in [0.05, 0.1) is 0 Å². The van der Waals surface area contributed by atoms with Crippen LogP contribution in [-0.4, -0.2) is 0 Å². The average Bonchev–Trinajstić information content (AvgIpc) is 3.55. The minimum atomic E-state index is -0.826. The van der Waals surface area contributed by atoms with Crippen molar-refractivity contribution in [3.8, 4) is 0 Å². The van der Waals surface area contributed by atoms with Crippen molar-refractivity contribution in [1.29, 1.82) is 0 Å². The van der Waals surface area contributed by atoms with Crippen molar-refractivity contribution in [2.75, 3.05) is 0 Å². The number of halogens is 4. The first-order valence-corrected chi connectivity index (χ1v) is 17.9. The SMILES string of the molecule is CC1=C(C)C(C)(C)C(C2=C(C)C(C)=C(C)C2(C)C)=C1C.[C-]1=CC=CC1.[C-]1=CC=CC1.[CH3-].[CH3-].[CH3-].[CH3-].[CH3-].[Cl-].[Cl-].[Cl][Zr+2][Cl].[Zr+2]. The van der Waals surface area contributed by atoms with Crippen molar-refractivity contribution in [1.82, 2.24) is 0 Å². The number of hydrogen-bond donors (Lipinski definition) is 0. The Bertz CT molecular complexity index is 872. The fourth-order valence-corrected chi connectivity index (χ4v) is 4.87. The van der Waals surface area contributed by atoms with Crippen molar-refractivity contribution in [2.24, 2.45) is 10.8 Å². The topological polar surface area (TPSA) is 0 Å². The van der Waals surface area contributed by atoms with E-state index >= 15 is 0 Å². The van der Waals surface area contributed by atoms with E-state index in [2.05, 4.69) is 93.5 Å². The number of allylic oxidation sites excluding steroid dienone is 16. The molecule has 0 fully saturated rings. The fraction of sp³-hybridized carbons (Fsp3) is 0.400. The van der Waals surface area contributed by atoms with Gasteiger partial charge in [-0.1, -0.05) is 38.8 Å². The molecule has 6 heteroatoms. The largest absolute Gasteiger partial charge is 2.00 e. The molecule has 0 aromatic carbocycles. The van der Waals surface area contributed by atoms with E-state index in [0.717, 1.165) is 12.8 Å². The third-order valence-electron chi connectivity index (χ3n) is 7.55. The zero-order valence-electron chi connectivity index (χ0n) is 28.4. The van der Waals surface area contributed by atoms with Crippen molar-refractivity contribution in [3.05, 3.63) is 130 Å². The Labute approximate surface area is 309 Å². The molecule has 4 aliphatic carbocycles. The second-order valence-corrected chi connectivity index (χ2v) is 13.6. The Morgan fingerprint density at radius 2 is 0.829 bits per heavy atom. The van der Waals surface area contributed by atoms with Gasteiger partial charge in [0.25, 0.3) is 0 Å². The summed E-state index contributed by atoms with van der Waals surface area (Å²) in [6.07, 6.45) is 20.0. The van der Waals surface area contributed by atoms with Crippen LogP contribution in [0.4, 0.5) is 0 Å². The molecular weight excluding hydrogens is 745 g/mol. The van der Waals surface area contributed by atoms with Gasteiger partial charge in [-0.2, -0.15) is 12.2 Å². The minimum absolute atomic E-state index is 0. The van der Waals surface area contributed by atoms with Crippen molar-refractivity contribution >= 4 is 17.0 Å². The van der Waals surface area contributed by atoms with Gasteiger partial charge < -0.3 is 61.9 Å². The predicted molar refractivity (Wildman–Crippen MR) is 177 cm³/mol. The van der Waals surface area contributed by atoms with E-state index in [4.69, 9.17) is 17.0 Å². The van der Waals surface area contributed by atoms with Crippen LogP contribution in [0, 0.1) is 60.1 Å². The molecule has 0 nitrogen and oxygen atoms in total. The smallest absolute Gasteiger partial charge is 2.00 e. The Morgan fingerprint density at radius 1 is 0.585 bits per heavy atom. The van der Waals surface area contributed by atoms with Gasteiger partial charge in [0.1, 0.15) is 0 Å². The molecule has 0 saturated carbocycles. The zero-order valence-corrected chi connectivity index (χ0v) is 36.3. The van der Waals surface area contributed by atoms with Gasteiger partial charge in [-0.3, -0.25) is 12.2 Å². The molecular formula is C35H55Cl4Zr2-5. The second kappa shape index (κ2) is 28.3. The minimum Gasteiger partial charge on any atom is 2.00 e. The van der Waals surface area contributed by atoms with Crippen LogP contribution in [0.2, 0.25) is 0 Å². The Morgan fingerprint density at radius 3 is 0.927 bits per heavy atom. The maximum Gasteiger partial charge on any atom is 2.00 e. The van der Waals surface area contributed by atoms with E-state index in [-0.39, 0.29) is 99.0 Å². The van der Waals surface area contributed by atoms with Crippen LogP contribution in [0.25, 0.3) is 0 Å². The van der Waals surface area contributed by atoms with Crippen molar-refractivity contribution < 1.29 is 71.9 Å². The molecule has 0 heterocycles. The van der Waals surface area contributed by atoms with E-state index in [1.807, 2.05) is 24.3 Å². The van der Waals surface area contributed by atoms with E-state index < -0.39 is 20.8 Å². The molecule has 4 aliphatic rings. The summed E-state index contributed by atoms with van der Waals surface area (Å²) in [5.74, 6) is 0. The van der Waals surface area contributed by atoms with Crippen LogP contribution in [0.1, 0.15) is 82.1 Å². The Balaban J connectivity index is -0.0000000732. The summed E-state index contributed by atoms with van der Waals surface area (Å²) in [7, 11) is 9.87. The fourth-order valence-electron chi connectivity index (χ4n) is 4.87. The van der Waals surface area contributed by atoms with Crippen LogP contribution in [0.3, 0.4) is 0 Å². The summed E-state index contributed by atoms with van der Waals surface area (Å²) in [5.41, 5.74) is 12.5. The molecule has 0 unspecified atom stereocenters. The van der Waals surface area contributed by atoms with Gasteiger partial charge in [-0.15, -0.1) is 12.8 Å². The first-order chi connectivity index (χ1) is 15.4. The monoisotopic (exact) mass is 795 g/mol. The molecule has 0 radical (unpaired) electrons. The first-order valence-electron chi connectivity index (χ1n) is 11.6. The Kier molecular flexibility index (Phi) is 42.1. The number of hydrogen-bond acceptors (Lipinski definition) is 0. The molecule has 0 bridgehead atoms. The normalized spacial score (nSPS) is 17.0. The summed E-state index contributed by atoms with van der Waals surface area (Å²) in [4.78, 5) is 0. The van der Waals surface area contributed by atoms with Gasteiger partial charge in [0, 0.05) is 10.8 Å².